The summed E-state index contributed by atoms with van der Waals surface area (Å²) < 4.78 is 5.14. The molecule has 2 aliphatic carbocycles. The predicted octanol–water partition coefficient (Wildman–Crippen LogP) is 2.27. The Morgan fingerprint density at radius 1 is 1.20 bits per heavy atom. The van der Waals surface area contributed by atoms with Crippen LogP contribution >= 0.6 is 0 Å². The van der Waals surface area contributed by atoms with Gasteiger partial charge in [0, 0.05) is 19.5 Å². The third-order valence-corrected chi connectivity index (χ3v) is 6.53. The minimum Gasteiger partial charge on any atom is -0.497 e. The van der Waals surface area contributed by atoms with E-state index in [1.165, 1.54) is 11.3 Å². The second kappa shape index (κ2) is 8.90. The predicted molar refractivity (Wildman–Crippen MR) is 112 cm³/mol. The van der Waals surface area contributed by atoms with Crippen LogP contribution in [0, 0.1) is 17.8 Å². The number of methoxy groups -OCH3 is 1. The molecule has 4 rings (SSSR count). The first-order valence-electron chi connectivity index (χ1n) is 10.7. The normalized spacial score (nSPS) is 26.9. The van der Waals surface area contributed by atoms with Gasteiger partial charge in [0.15, 0.2) is 0 Å². The van der Waals surface area contributed by atoms with E-state index < -0.39 is 6.04 Å². The Kier molecular flexibility index (Phi) is 6.06. The van der Waals surface area contributed by atoms with Crippen molar-refractivity contribution < 1.29 is 19.1 Å². The number of amides is 4. The number of rotatable bonds is 9. The molecule has 7 heteroatoms. The fourth-order valence-corrected chi connectivity index (χ4v) is 4.76. The maximum atomic E-state index is 12.6. The number of benzene rings is 1. The molecule has 30 heavy (non-hydrogen) atoms. The van der Waals surface area contributed by atoms with Gasteiger partial charge in [0.25, 0.3) is 5.91 Å². The summed E-state index contributed by atoms with van der Waals surface area (Å²) in [6.07, 6.45) is 8.08. The van der Waals surface area contributed by atoms with E-state index in [9.17, 15) is 14.4 Å². The van der Waals surface area contributed by atoms with Gasteiger partial charge in [-0.25, -0.2) is 4.79 Å². The molecule has 0 radical (unpaired) electrons. The standard InChI is InChI=1S/C23H29N3O4/c1-30-19-6-3-15(4-7-19)10-11-26-22(28)20(25-23(26)29)8-9-21(27)24-14-18-13-16-2-5-17(18)12-16/h2-7,16-18,20H,8-14H2,1H3,(H,24,27)(H,25,29)/t16?,17?,18?,20-/m0/s1. The van der Waals surface area contributed by atoms with Crippen LogP contribution in [0.4, 0.5) is 4.79 Å². The Labute approximate surface area is 176 Å². The van der Waals surface area contributed by atoms with Crippen LogP contribution < -0.4 is 15.4 Å². The molecule has 2 N–H and O–H groups in total. The summed E-state index contributed by atoms with van der Waals surface area (Å²) in [5, 5.41) is 5.72. The molecule has 1 saturated carbocycles. The summed E-state index contributed by atoms with van der Waals surface area (Å²) in [6, 6.07) is 6.55. The highest BCUT2D eigenvalue weighted by Crippen LogP contribution is 2.42. The SMILES string of the molecule is COc1ccc(CCN2C(=O)N[C@@H](CCC(=O)NCC3CC4C=CC3C4)C2=O)cc1. The number of nitrogens with zero attached hydrogens (tertiary/aromatic N) is 1. The van der Waals surface area contributed by atoms with Gasteiger partial charge in [-0.15, -0.1) is 0 Å². The molecular weight excluding hydrogens is 382 g/mol. The molecule has 2 fully saturated rings. The average Bonchev–Trinajstić information content (AvgIpc) is 3.45. The zero-order valence-electron chi connectivity index (χ0n) is 17.3. The summed E-state index contributed by atoms with van der Waals surface area (Å²) in [5.74, 6) is 2.28. The van der Waals surface area contributed by atoms with Crippen molar-refractivity contribution in [3.63, 3.8) is 0 Å². The zero-order valence-corrected chi connectivity index (χ0v) is 17.3. The fraction of sp³-hybridized carbons (Fsp3) is 0.522. The average molecular weight is 412 g/mol. The summed E-state index contributed by atoms with van der Waals surface area (Å²) in [4.78, 5) is 38.3. The number of urea groups is 1. The first-order valence-corrected chi connectivity index (χ1v) is 10.7. The van der Waals surface area contributed by atoms with E-state index in [0.29, 0.717) is 43.7 Å². The van der Waals surface area contributed by atoms with Gasteiger partial charge < -0.3 is 15.4 Å². The van der Waals surface area contributed by atoms with Gasteiger partial charge in [0.1, 0.15) is 11.8 Å². The van der Waals surface area contributed by atoms with E-state index in [-0.39, 0.29) is 24.3 Å². The van der Waals surface area contributed by atoms with Gasteiger partial charge in [-0.2, -0.15) is 0 Å². The first-order chi connectivity index (χ1) is 14.5. The number of nitrogens with one attached hydrogen (secondary N) is 2. The van der Waals surface area contributed by atoms with Gasteiger partial charge in [-0.1, -0.05) is 24.3 Å². The van der Waals surface area contributed by atoms with Gasteiger partial charge in [-0.05, 0) is 61.1 Å². The molecule has 4 amide bonds. The van der Waals surface area contributed by atoms with Crippen LogP contribution in [0.3, 0.4) is 0 Å². The van der Waals surface area contributed by atoms with E-state index in [1.54, 1.807) is 7.11 Å². The van der Waals surface area contributed by atoms with Crippen LogP contribution in [0.5, 0.6) is 5.75 Å². The molecule has 3 unspecified atom stereocenters. The molecule has 2 bridgehead atoms. The Morgan fingerprint density at radius 2 is 2.00 bits per heavy atom. The molecule has 1 saturated heterocycles. The monoisotopic (exact) mass is 411 g/mol. The number of imide groups is 1. The highest BCUT2D eigenvalue weighted by atomic mass is 16.5. The van der Waals surface area contributed by atoms with Crippen molar-refractivity contribution >= 4 is 17.8 Å². The molecule has 4 atom stereocenters. The van der Waals surface area contributed by atoms with Crippen molar-refractivity contribution in [2.75, 3.05) is 20.2 Å². The van der Waals surface area contributed by atoms with Crippen LogP contribution in [0.2, 0.25) is 0 Å². The summed E-state index contributed by atoms with van der Waals surface area (Å²) in [7, 11) is 1.61. The van der Waals surface area contributed by atoms with Crippen molar-refractivity contribution in [1.82, 2.24) is 15.5 Å². The Hall–Kier alpha value is -2.83. The molecule has 0 spiro atoms. The summed E-state index contributed by atoms with van der Waals surface area (Å²) in [6.45, 7) is 1.01. The maximum Gasteiger partial charge on any atom is 0.324 e. The number of hydrogen-bond acceptors (Lipinski definition) is 4. The maximum absolute atomic E-state index is 12.6. The first kappa shape index (κ1) is 20.4. The van der Waals surface area contributed by atoms with Crippen molar-refractivity contribution in [1.29, 1.82) is 0 Å². The lowest BCUT2D eigenvalue weighted by Gasteiger charge is -2.18. The largest absolute Gasteiger partial charge is 0.497 e. The van der Waals surface area contributed by atoms with E-state index in [2.05, 4.69) is 22.8 Å². The minimum atomic E-state index is -0.621. The third-order valence-electron chi connectivity index (χ3n) is 6.53. The molecule has 0 aromatic heterocycles. The second-order valence-electron chi connectivity index (χ2n) is 8.47. The Bertz CT molecular complexity index is 835. The molecule has 1 heterocycles. The van der Waals surface area contributed by atoms with E-state index in [0.717, 1.165) is 17.7 Å². The smallest absolute Gasteiger partial charge is 0.324 e. The van der Waals surface area contributed by atoms with Crippen molar-refractivity contribution in [3.8, 4) is 5.75 Å². The third kappa shape index (κ3) is 4.50. The molecule has 7 nitrogen and oxygen atoms in total. The fourth-order valence-electron chi connectivity index (χ4n) is 4.76. The topological polar surface area (TPSA) is 87.7 Å². The quantitative estimate of drug-likeness (QED) is 0.482. The van der Waals surface area contributed by atoms with Crippen molar-refractivity contribution in [2.24, 2.45) is 17.8 Å². The van der Waals surface area contributed by atoms with Crippen LogP contribution in [0.1, 0.15) is 31.2 Å². The Balaban J connectivity index is 1.19. The highest BCUT2D eigenvalue weighted by molar-refractivity contribution is 6.04. The van der Waals surface area contributed by atoms with Crippen LogP contribution in [-0.2, 0) is 16.0 Å². The van der Waals surface area contributed by atoms with Crippen LogP contribution in [-0.4, -0.2) is 49.0 Å². The number of carbonyl (C=O) groups is 3. The number of carbonyl (C=O) groups excluding carboxylic acids is 3. The number of ether oxygens (including phenoxy) is 1. The minimum absolute atomic E-state index is 0.0551. The lowest BCUT2D eigenvalue weighted by molar-refractivity contribution is -0.127. The van der Waals surface area contributed by atoms with Crippen LogP contribution in [0.15, 0.2) is 36.4 Å². The van der Waals surface area contributed by atoms with Crippen molar-refractivity contribution in [2.45, 2.75) is 38.1 Å². The zero-order chi connectivity index (χ0) is 21.1. The highest BCUT2D eigenvalue weighted by Gasteiger charge is 2.38. The summed E-state index contributed by atoms with van der Waals surface area (Å²) in [5.41, 5.74) is 1.02. The van der Waals surface area contributed by atoms with Gasteiger partial charge in [0.2, 0.25) is 5.91 Å². The number of hydrogen-bond donors (Lipinski definition) is 2. The molecule has 160 valence electrons. The molecule has 3 aliphatic rings. The summed E-state index contributed by atoms with van der Waals surface area (Å²) >= 11 is 0. The number of allylic oxidation sites excluding steroid dienone is 2. The lowest BCUT2D eigenvalue weighted by atomic mass is 9.93. The van der Waals surface area contributed by atoms with Gasteiger partial charge >= 0.3 is 6.03 Å². The van der Waals surface area contributed by atoms with E-state index >= 15 is 0 Å². The van der Waals surface area contributed by atoms with Crippen molar-refractivity contribution in [3.05, 3.63) is 42.0 Å². The molecular formula is C23H29N3O4. The van der Waals surface area contributed by atoms with Crippen LogP contribution in [0.25, 0.3) is 0 Å². The molecule has 1 aromatic carbocycles. The Morgan fingerprint density at radius 3 is 2.67 bits per heavy atom. The van der Waals surface area contributed by atoms with E-state index in [4.69, 9.17) is 4.74 Å². The second-order valence-corrected chi connectivity index (χ2v) is 8.47. The molecule has 1 aromatic rings. The molecule has 1 aliphatic heterocycles. The van der Waals surface area contributed by atoms with E-state index in [1.807, 2.05) is 24.3 Å². The number of fused-ring (bicyclic) bond motifs is 2. The van der Waals surface area contributed by atoms with Gasteiger partial charge in [-0.3, -0.25) is 14.5 Å². The lowest BCUT2D eigenvalue weighted by Crippen LogP contribution is -2.35. The van der Waals surface area contributed by atoms with Gasteiger partial charge in [0.05, 0.1) is 7.11 Å².